The molecule has 4 amide bonds. The van der Waals surface area contributed by atoms with Crippen LogP contribution in [-0.2, 0) is 99.6 Å². The molecule has 6 heterocycles. The number of ether oxygens (including phenoxy) is 15. The van der Waals surface area contributed by atoms with Gasteiger partial charge in [-0.15, -0.1) is 0 Å². The molecule has 6 aliphatic heterocycles. The minimum Gasteiger partial charge on any atom is -0.493 e. The highest BCUT2D eigenvalue weighted by atomic mass is 16.8. The lowest BCUT2D eigenvalue weighted by molar-refractivity contribution is -0.327. The predicted octanol–water partition coefficient (Wildman–Crippen LogP) is 5.61. The van der Waals surface area contributed by atoms with Gasteiger partial charge in [0.05, 0.1) is 54.9 Å². The van der Waals surface area contributed by atoms with Gasteiger partial charge >= 0.3 is 42.0 Å². The minimum absolute atomic E-state index is 0.0115. The van der Waals surface area contributed by atoms with E-state index < -0.39 is 147 Å². The van der Waals surface area contributed by atoms with E-state index in [9.17, 15) is 63.6 Å². The highest BCUT2D eigenvalue weighted by Crippen LogP contribution is 2.45. The summed E-state index contributed by atoms with van der Waals surface area (Å²) in [5.74, 6) is -4.42. The summed E-state index contributed by atoms with van der Waals surface area (Å²) in [6.07, 6.45) is -19.6. The molecule has 14 atom stereocenters. The lowest BCUT2D eigenvalue weighted by Gasteiger charge is -2.42. The molecule has 0 saturated carbocycles. The van der Waals surface area contributed by atoms with E-state index in [1.54, 1.807) is 19.1 Å². The van der Waals surface area contributed by atoms with Crippen molar-refractivity contribution in [2.75, 3.05) is 51.2 Å². The summed E-state index contributed by atoms with van der Waals surface area (Å²) in [6.45, 7) is 14.8. The van der Waals surface area contributed by atoms with E-state index >= 15 is 0 Å². The van der Waals surface area contributed by atoms with E-state index in [-0.39, 0.29) is 103 Å². The number of esters is 5. The number of carbonyl (C=O) groups excluding carboxylic acids is 9. The smallest absolute Gasteiger partial charge is 0.416 e. The third-order valence-corrected chi connectivity index (χ3v) is 18.5. The summed E-state index contributed by atoms with van der Waals surface area (Å²) in [5.41, 5.74) is 4.01. The number of aliphatic hydroxyl groups is 4. The van der Waals surface area contributed by atoms with Crippen molar-refractivity contribution in [3.8, 4) is 34.5 Å². The van der Waals surface area contributed by atoms with Crippen molar-refractivity contribution in [2.24, 2.45) is 0 Å². The Labute approximate surface area is 625 Å². The Morgan fingerprint density at radius 3 is 1.25 bits per heavy atom. The SMILES string of the molecule is C=C1C[C@H]2C(O)N(C(=O)OCc3ccc(O[C@H]4O[C@H](OC(C)=O)[C@H](OC(C)=O)[C@@H](O)[C@H]4OC(C)=O)cc3)c3cc(OCc4cc(COc5cc6c(cc5OC)C(=O)N5CC(=C)C[C@H]5C(O)N6C(=O)OCc5ccc(O[C@@H]6O[C@H](C)[C@H](OC(C)=O)[C@H](O)[C@H]6OC(C)=O)cc5)cc(CN(C)C)c4)c(OC)cc3C(=O)N2C1. The van der Waals surface area contributed by atoms with Crippen molar-refractivity contribution in [1.29, 1.82) is 0 Å². The van der Waals surface area contributed by atoms with Crippen molar-refractivity contribution >= 4 is 65.2 Å². The predicted molar refractivity (Wildman–Crippen MR) is 376 cm³/mol. The summed E-state index contributed by atoms with van der Waals surface area (Å²) in [5, 5.41) is 46.7. The highest BCUT2D eigenvalue weighted by Gasteiger charge is 2.54. The Hall–Kier alpha value is -11.1. The van der Waals surface area contributed by atoms with Crippen molar-refractivity contribution in [3.05, 3.63) is 154 Å². The summed E-state index contributed by atoms with van der Waals surface area (Å²) < 4.78 is 86.4. The van der Waals surface area contributed by atoms with Crippen LogP contribution in [0.3, 0.4) is 0 Å². The molecule has 0 radical (unpaired) electrons. The summed E-state index contributed by atoms with van der Waals surface area (Å²) in [6, 6.07) is 21.5. The first-order chi connectivity index (χ1) is 51.9. The van der Waals surface area contributed by atoms with E-state index in [0.29, 0.717) is 39.9 Å². The molecule has 0 bridgehead atoms. The molecule has 2 unspecified atom stereocenters. The van der Waals surface area contributed by atoms with Crippen LogP contribution < -0.4 is 38.2 Å². The van der Waals surface area contributed by atoms with Crippen molar-refractivity contribution in [2.45, 2.75) is 173 Å². The Balaban J connectivity index is 0.809. The number of nitrogens with zero attached hydrogens (tertiary/aromatic N) is 5. The van der Waals surface area contributed by atoms with E-state index in [1.165, 1.54) is 91.6 Å². The summed E-state index contributed by atoms with van der Waals surface area (Å²) in [7, 11) is 6.53. The average molecular weight is 1520 g/mol. The van der Waals surface area contributed by atoms with Gasteiger partial charge in [0, 0.05) is 66.4 Å². The molecule has 33 heteroatoms. The number of methoxy groups -OCH3 is 2. The molecule has 0 spiro atoms. The second-order valence-corrected chi connectivity index (χ2v) is 27.1. The van der Waals surface area contributed by atoms with E-state index in [4.69, 9.17) is 71.1 Å². The van der Waals surface area contributed by atoms with Gasteiger partial charge in [0.25, 0.3) is 11.8 Å². The van der Waals surface area contributed by atoms with Gasteiger partial charge < -0.3 is 101 Å². The van der Waals surface area contributed by atoms with Crippen LogP contribution >= 0.6 is 0 Å². The van der Waals surface area contributed by atoms with E-state index in [1.807, 2.05) is 37.2 Å². The van der Waals surface area contributed by atoms with Crippen LogP contribution in [0.15, 0.2) is 115 Å². The van der Waals surface area contributed by atoms with E-state index in [0.717, 1.165) is 43.1 Å². The van der Waals surface area contributed by atoms with Crippen LogP contribution in [0.25, 0.3) is 0 Å². The molecule has 0 aliphatic carbocycles. The Morgan fingerprint density at radius 2 is 0.853 bits per heavy atom. The number of carbonyl (C=O) groups is 9. The third kappa shape index (κ3) is 17.9. The first-order valence-electron chi connectivity index (χ1n) is 34.6. The van der Waals surface area contributed by atoms with Gasteiger partial charge in [-0.05, 0) is 104 Å². The van der Waals surface area contributed by atoms with Crippen LogP contribution in [0, 0.1) is 0 Å². The number of benzene rings is 5. The number of anilines is 2. The second kappa shape index (κ2) is 33.6. The maximum atomic E-state index is 14.6. The Bertz CT molecular complexity index is 4320. The molecule has 582 valence electrons. The topological polar surface area (TPSA) is 389 Å². The first-order valence-corrected chi connectivity index (χ1v) is 34.6. The van der Waals surface area contributed by atoms with Crippen LogP contribution in [0.5, 0.6) is 34.5 Å². The van der Waals surface area contributed by atoms with Gasteiger partial charge in [-0.3, -0.25) is 38.3 Å². The normalized spacial score (nSPS) is 24.9. The van der Waals surface area contributed by atoms with Crippen molar-refractivity contribution < 1.29 is 135 Å². The lowest BCUT2D eigenvalue weighted by atomic mass is 9.99. The third-order valence-electron chi connectivity index (χ3n) is 18.5. The van der Waals surface area contributed by atoms with Crippen LogP contribution in [0.2, 0.25) is 0 Å². The zero-order chi connectivity index (χ0) is 78.6. The maximum Gasteiger partial charge on any atom is 0.416 e. The molecular formula is C76H85N5O28. The molecule has 5 aromatic rings. The number of rotatable bonds is 23. The number of aliphatic hydroxyl groups excluding tert-OH is 4. The van der Waals surface area contributed by atoms with Gasteiger partial charge in [-0.25, -0.2) is 19.4 Å². The highest BCUT2D eigenvalue weighted by molar-refractivity contribution is 6.07. The average Bonchev–Trinajstić information content (AvgIpc) is 1.60. The zero-order valence-corrected chi connectivity index (χ0v) is 61.3. The fraction of sp³-hybridized carbons (Fsp3) is 0.434. The lowest BCUT2D eigenvalue weighted by Crippen LogP contribution is -2.62. The van der Waals surface area contributed by atoms with Crippen LogP contribution in [-0.4, -0.2) is 217 Å². The fourth-order valence-electron chi connectivity index (χ4n) is 13.7. The van der Waals surface area contributed by atoms with Crippen LogP contribution in [0.4, 0.5) is 21.0 Å². The fourth-order valence-corrected chi connectivity index (χ4v) is 13.7. The van der Waals surface area contributed by atoms with Crippen LogP contribution in [0.1, 0.15) is 103 Å². The summed E-state index contributed by atoms with van der Waals surface area (Å²) in [4.78, 5) is 125. The van der Waals surface area contributed by atoms with Gasteiger partial charge in [0.1, 0.15) is 50.1 Å². The Morgan fingerprint density at radius 1 is 0.477 bits per heavy atom. The molecule has 4 saturated heterocycles. The largest absolute Gasteiger partial charge is 0.493 e. The molecule has 33 nitrogen and oxygen atoms in total. The number of amides is 4. The molecule has 5 aromatic carbocycles. The molecule has 0 aromatic heterocycles. The molecular weight excluding hydrogens is 1430 g/mol. The monoisotopic (exact) mass is 1520 g/mol. The molecule has 4 fully saturated rings. The first kappa shape index (κ1) is 79.0. The Kier molecular flexibility index (Phi) is 24.3. The zero-order valence-electron chi connectivity index (χ0n) is 61.3. The molecule has 6 aliphatic rings. The number of fused-ring (bicyclic) bond motifs is 4. The van der Waals surface area contributed by atoms with Gasteiger partial charge in [-0.1, -0.05) is 60.7 Å². The number of hydrogen-bond donors (Lipinski definition) is 4. The molecule has 109 heavy (non-hydrogen) atoms. The molecule has 11 rings (SSSR count). The minimum atomic E-state index is -1.78. The second-order valence-electron chi connectivity index (χ2n) is 27.1. The van der Waals surface area contributed by atoms with Gasteiger partial charge in [0.15, 0.2) is 59.9 Å². The summed E-state index contributed by atoms with van der Waals surface area (Å²) >= 11 is 0. The van der Waals surface area contributed by atoms with Gasteiger partial charge in [-0.2, -0.15) is 0 Å². The number of hydrogen-bond acceptors (Lipinski definition) is 29. The quantitative estimate of drug-likeness (QED) is 0.0350. The standard InChI is InChI=1S/C76H85N5O28/c1-37-21-56-70(91)80(75(93)99-33-45-13-17-50(18-14-45)107-72-65(103-41(5)83)62(87)64(39(3)101-72)102-40(4)82)54-28-60(58(95-11)26-52(54)68(89)78(56)30-37)97-35-48-23-47(32-77(9)10)24-49(25-48)36-98-61-29-55-53(27-59(61)96-12)69(90)79-31-38(2)22-57(79)71(92)81(55)76(94)100-34-46-15-19-51(20-16-46)108-74-67(105-43(7)85)63(88)66(104-42(6)84)73(109-74)106-44(8)86/h13-20,23-29,39,56-57,62-67,70-74,87-88,91-92H,1-2,21-22,30-36H2,3-12H3/t39-,56+,57+,62+,63-,64+,65-,66-,67-,70?,71?,72+,73+,74+/m1/s1. The van der Waals surface area contributed by atoms with Crippen molar-refractivity contribution in [1.82, 2.24) is 14.7 Å². The molecule has 4 N–H and O–H groups in total. The van der Waals surface area contributed by atoms with Gasteiger partial charge in [0.2, 0.25) is 18.9 Å². The van der Waals surface area contributed by atoms with E-state index in [2.05, 4.69) is 13.2 Å². The van der Waals surface area contributed by atoms with Crippen molar-refractivity contribution in [3.63, 3.8) is 0 Å². The maximum absolute atomic E-state index is 14.6.